The molecule has 1 rings (SSSR count). The first-order valence-corrected chi connectivity index (χ1v) is 4.67. The second kappa shape index (κ2) is 5.06. The Bertz CT molecular complexity index is 440. The van der Waals surface area contributed by atoms with Gasteiger partial charge in [0.1, 0.15) is 0 Å². The second-order valence-electron chi connectivity index (χ2n) is 3.23. The third-order valence-electron chi connectivity index (χ3n) is 2.15. The maximum absolute atomic E-state index is 10.9. The number of nitro groups is 1. The predicted molar refractivity (Wildman–Crippen MR) is 58.6 cm³/mol. The fraction of sp³-hybridized carbons (Fsp3) is 0.182. The standard InChI is InChI=1S/C11H11NO4/c1-2-3-4-8-7-9(12(15)16)5-6-10(8)11(13)14/h2,5-7H,1,3-4H2,(H,13,14). The molecule has 1 aromatic carbocycles. The van der Waals surface area contributed by atoms with E-state index < -0.39 is 10.9 Å². The van der Waals surface area contributed by atoms with E-state index >= 15 is 0 Å². The van der Waals surface area contributed by atoms with E-state index in [2.05, 4.69) is 6.58 Å². The molecule has 0 saturated carbocycles. The van der Waals surface area contributed by atoms with Crippen LogP contribution in [0.25, 0.3) is 0 Å². The third-order valence-corrected chi connectivity index (χ3v) is 2.15. The van der Waals surface area contributed by atoms with Gasteiger partial charge in [0.25, 0.3) is 5.69 Å². The first-order valence-electron chi connectivity index (χ1n) is 4.67. The van der Waals surface area contributed by atoms with Crippen LogP contribution in [0.4, 0.5) is 5.69 Å². The molecule has 84 valence electrons. The highest BCUT2D eigenvalue weighted by Gasteiger charge is 2.14. The summed E-state index contributed by atoms with van der Waals surface area (Å²) in [7, 11) is 0. The normalized spacial score (nSPS) is 9.75. The molecule has 0 atom stereocenters. The van der Waals surface area contributed by atoms with E-state index in [0.29, 0.717) is 18.4 Å². The Morgan fingerprint density at radius 3 is 2.75 bits per heavy atom. The molecule has 1 aromatic rings. The number of nitrogens with zero attached hydrogens (tertiary/aromatic N) is 1. The molecule has 0 saturated heterocycles. The lowest BCUT2D eigenvalue weighted by atomic mass is 10.0. The van der Waals surface area contributed by atoms with Gasteiger partial charge in [-0.05, 0) is 24.5 Å². The van der Waals surface area contributed by atoms with Crippen molar-refractivity contribution in [1.82, 2.24) is 0 Å². The molecule has 5 nitrogen and oxygen atoms in total. The Morgan fingerprint density at radius 1 is 1.56 bits per heavy atom. The number of carboxylic acid groups (broad SMARTS) is 1. The number of hydrogen-bond acceptors (Lipinski definition) is 3. The number of non-ortho nitro benzene ring substituents is 1. The molecule has 0 unspecified atom stereocenters. The van der Waals surface area contributed by atoms with Gasteiger partial charge < -0.3 is 5.11 Å². The van der Waals surface area contributed by atoms with E-state index in [-0.39, 0.29) is 11.3 Å². The van der Waals surface area contributed by atoms with E-state index in [4.69, 9.17) is 5.11 Å². The molecular weight excluding hydrogens is 210 g/mol. The quantitative estimate of drug-likeness (QED) is 0.470. The molecule has 0 spiro atoms. The highest BCUT2D eigenvalue weighted by molar-refractivity contribution is 5.89. The number of aryl methyl sites for hydroxylation is 1. The summed E-state index contributed by atoms with van der Waals surface area (Å²) in [5, 5.41) is 19.4. The highest BCUT2D eigenvalue weighted by atomic mass is 16.6. The SMILES string of the molecule is C=CCCc1cc([N+](=O)[O-])ccc1C(=O)O. The van der Waals surface area contributed by atoms with Gasteiger partial charge in [-0.25, -0.2) is 4.79 Å². The molecule has 0 aromatic heterocycles. The molecule has 0 radical (unpaired) electrons. The second-order valence-corrected chi connectivity index (χ2v) is 3.23. The van der Waals surface area contributed by atoms with Crippen LogP contribution >= 0.6 is 0 Å². The summed E-state index contributed by atoms with van der Waals surface area (Å²) in [6, 6.07) is 3.76. The van der Waals surface area contributed by atoms with Crippen molar-refractivity contribution in [2.75, 3.05) is 0 Å². The van der Waals surface area contributed by atoms with Gasteiger partial charge in [0.15, 0.2) is 0 Å². The molecule has 0 heterocycles. The number of rotatable bonds is 5. The van der Waals surface area contributed by atoms with E-state index in [1.165, 1.54) is 18.2 Å². The number of nitro benzene ring substituents is 1. The molecule has 0 aliphatic rings. The van der Waals surface area contributed by atoms with Crippen molar-refractivity contribution in [1.29, 1.82) is 0 Å². The number of carbonyl (C=O) groups is 1. The fourth-order valence-electron chi connectivity index (χ4n) is 1.37. The number of carboxylic acids is 1. The van der Waals surface area contributed by atoms with Gasteiger partial charge >= 0.3 is 5.97 Å². The Balaban J connectivity index is 3.15. The zero-order valence-electron chi connectivity index (χ0n) is 8.55. The van der Waals surface area contributed by atoms with Crippen LogP contribution in [-0.4, -0.2) is 16.0 Å². The molecule has 0 aliphatic carbocycles. The number of allylic oxidation sites excluding steroid dienone is 1. The monoisotopic (exact) mass is 221 g/mol. The Kier molecular flexibility index (Phi) is 3.77. The van der Waals surface area contributed by atoms with Gasteiger partial charge in [-0.15, -0.1) is 6.58 Å². The Morgan fingerprint density at radius 2 is 2.25 bits per heavy atom. The molecule has 5 heteroatoms. The first-order chi connectivity index (χ1) is 7.56. The van der Waals surface area contributed by atoms with Crippen molar-refractivity contribution < 1.29 is 14.8 Å². The zero-order chi connectivity index (χ0) is 12.1. The summed E-state index contributed by atoms with van der Waals surface area (Å²) in [5.74, 6) is -1.08. The van der Waals surface area contributed by atoms with Crippen molar-refractivity contribution in [2.24, 2.45) is 0 Å². The Hall–Kier alpha value is -2.17. The summed E-state index contributed by atoms with van der Waals surface area (Å²) in [5.41, 5.74) is 0.470. The average molecular weight is 221 g/mol. The van der Waals surface area contributed by atoms with Crippen molar-refractivity contribution in [3.63, 3.8) is 0 Å². The van der Waals surface area contributed by atoms with Gasteiger partial charge in [-0.2, -0.15) is 0 Å². The summed E-state index contributed by atoms with van der Waals surface area (Å²) in [6.45, 7) is 3.53. The molecule has 0 fully saturated rings. The zero-order valence-corrected chi connectivity index (χ0v) is 8.55. The molecular formula is C11H11NO4. The van der Waals surface area contributed by atoms with Gasteiger partial charge in [0.05, 0.1) is 10.5 Å². The Labute approximate surface area is 92.2 Å². The summed E-state index contributed by atoms with van der Waals surface area (Å²) < 4.78 is 0. The largest absolute Gasteiger partial charge is 0.478 e. The fourth-order valence-corrected chi connectivity index (χ4v) is 1.37. The van der Waals surface area contributed by atoms with E-state index in [0.717, 1.165) is 0 Å². The van der Waals surface area contributed by atoms with E-state index in [1.807, 2.05) is 0 Å². The van der Waals surface area contributed by atoms with Crippen LogP contribution in [-0.2, 0) is 6.42 Å². The van der Waals surface area contributed by atoms with Crippen molar-refractivity contribution in [2.45, 2.75) is 12.8 Å². The van der Waals surface area contributed by atoms with Crippen LogP contribution in [0.3, 0.4) is 0 Å². The molecule has 0 amide bonds. The van der Waals surface area contributed by atoms with Crippen LogP contribution in [0.2, 0.25) is 0 Å². The third kappa shape index (κ3) is 2.66. The van der Waals surface area contributed by atoms with E-state index in [9.17, 15) is 14.9 Å². The number of hydrogen-bond donors (Lipinski definition) is 1. The maximum Gasteiger partial charge on any atom is 0.335 e. The minimum absolute atomic E-state index is 0.0935. The summed E-state index contributed by atoms with van der Waals surface area (Å²) >= 11 is 0. The van der Waals surface area contributed by atoms with Crippen LogP contribution < -0.4 is 0 Å². The maximum atomic E-state index is 10.9. The topological polar surface area (TPSA) is 80.4 Å². The van der Waals surface area contributed by atoms with Crippen LogP contribution in [0.5, 0.6) is 0 Å². The van der Waals surface area contributed by atoms with Crippen LogP contribution in [0.1, 0.15) is 22.3 Å². The van der Waals surface area contributed by atoms with Gasteiger partial charge in [-0.1, -0.05) is 6.08 Å². The van der Waals surface area contributed by atoms with Crippen molar-refractivity contribution in [3.05, 3.63) is 52.1 Å². The van der Waals surface area contributed by atoms with Crippen molar-refractivity contribution >= 4 is 11.7 Å². The predicted octanol–water partition coefficient (Wildman–Crippen LogP) is 2.41. The molecule has 0 aliphatic heterocycles. The summed E-state index contributed by atoms with van der Waals surface area (Å²) in [4.78, 5) is 20.9. The first kappa shape index (κ1) is 11.9. The number of aromatic carboxylic acids is 1. The van der Waals surface area contributed by atoms with E-state index in [1.54, 1.807) is 6.08 Å². The van der Waals surface area contributed by atoms with Crippen LogP contribution in [0.15, 0.2) is 30.9 Å². The smallest absolute Gasteiger partial charge is 0.335 e. The van der Waals surface area contributed by atoms with Crippen molar-refractivity contribution in [3.8, 4) is 0 Å². The number of benzene rings is 1. The minimum Gasteiger partial charge on any atom is -0.478 e. The molecule has 0 bridgehead atoms. The highest BCUT2D eigenvalue weighted by Crippen LogP contribution is 2.19. The van der Waals surface area contributed by atoms with Gasteiger partial charge in [0.2, 0.25) is 0 Å². The van der Waals surface area contributed by atoms with Crippen LogP contribution in [0, 0.1) is 10.1 Å². The molecule has 1 N–H and O–H groups in total. The lowest BCUT2D eigenvalue weighted by Crippen LogP contribution is -2.03. The summed E-state index contributed by atoms with van der Waals surface area (Å²) in [6.07, 6.45) is 2.67. The van der Waals surface area contributed by atoms with Gasteiger partial charge in [0, 0.05) is 12.1 Å². The lowest BCUT2D eigenvalue weighted by Gasteiger charge is -2.04. The molecule has 16 heavy (non-hydrogen) atoms. The average Bonchev–Trinajstić information content (AvgIpc) is 2.25. The van der Waals surface area contributed by atoms with Gasteiger partial charge in [-0.3, -0.25) is 10.1 Å². The minimum atomic E-state index is -1.08. The lowest BCUT2D eigenvalue weighted by molar-refractivity contribution is -0.384.